The molecule has 78 heavy (non-hydrogen) atoms. The van der Waals surface area contributed by atoms with Gasteiger partial charge in [-0.15, -0.1) is 0 Å². The number of ether oxygens (including phenoxy) is 1. The summed E-state index contributed by atoms with van der Waals surface area (Å²) in [5, 5.41) is 32.1. The number of hydrogen-bond donors (Lipinski definition) is 6. The molecule has 0 saturated carbocycles. The maximum Gasteiger partial charge on any atom is 0.483 e. The Balaban J connectivity index is 2.33. The van der Waals surface area contributed by atoms with Gasteiger partial charge in [0, 0.05) is 6.92 Å². The second kappa shape index (κ2) is 40.8. The SMILES string of the molecule is CC(=O)NC1C(OP(=O)(O)OP(=O)(O)OC/C=C(\C)CC/C=C(\C)CC/C=C(\C)CC/C=C(\C)CC/C=C(\C)CC/C=C(\C)CC/C=C(\C)CC/C=C(\C)CC/C=C(\C)CC/C=C(\C)CCC=C(C)C)OC(CO)C(O)C1O. The van der Waals surface area contributed by atoms with Gasteiger partial charge < -0.3 is 35.2 Å². The van der Waals surface area contributed by atoms with Crippen LogP contribution in [0.5, 0.6) is 0 Å². The largest absolute Gasteiger partial charge is 0.483 e. The summed E-state index contributed by atoms with van der Waals surface area (Å²) in [7, 11) is -10.6. The molecular formula is C63H105NO12P2. The van der Waals surface area contributed by atoms with Gasteiger partial charge in [-0.05, 0) is 212 Å². The minimum atomic E-state index is -5.42. The predicted molar refractivity (Wildman–Crippen MR) is 322 cm³/mol. The average molecular weight is 1130 g/mol. The van der Waals surface area contributed by atoms with E-state index in [1.54, 1.807) is 6.08 Å². The Labute approximate surface area is 472 Å². The molecule has 13 nitrogen and oxygen atoms in total. The first-order valence-corrected chi connectivity index (χ1v) is 31.5. The Morgan fingerprint density at radius 3 is 1.00 bits per heavy atom. The van der Waals surface area contributed by atoms with Crippen molar-refractivity contribution in [3.8, 4) is 0 Å². The van der Waals surface area contributed by atoms with Gasteiger partial charge >= 0.3 is 15.6 Å². The van der Waals surface area contributed by atoms with Crippen molar-refractivity contribution in [2.75, 3.05) is 13.2 Å². The standard InChI is InChI=1S/C63H105NO12P2/c1-47(2)24-14-25-48(3)26-15-27-49(4)28-16-29-50(5)30-17-31-51(6)32-18-33-52(7)34-19-35-53(8)36-20-37-54(9)38-21-39-55(10)40-22-41-56(11)42-23-43-57(12)44-45-73-77(69,70)76-78(71,72)75-63-60(64-58(13)66)62(68)61(67)59(46-65)74-63/h24,26,28,30,32,34,36,38,40,42,44,59-63,65,67-68H,14-23,25,27,29,31,33,35,37,39,41,43,45-46H2,1-13H3,(H,64,66)(H,69,70)(H,71,72)/b48-26+,49-28+,50-30+,51-32+,52-34+,53-36+,54-38+,55-40+,56-42+,57-44+. The molecule has 0 aromatic carbocycles. The van der Waals surface area contributed by atoms with Crippen LogP contribution in [0.2, 0.25) is 0 Å². The van der Waals surface area contributed by atoms with Crippen molar-refractivity contribution in [2.24, 2.45) is 0 Å². The van der Waals surface area contributed by atoms with Crippen LogP contribution in [-0.4, -0.2) is 74.9 Å². The van der Waals surface area contributed by atoms with Gasteiger partial charge in [0.2, 0.25) is 5.91 Å². The Morgan fingerprint density at radius 2 is 0.731 bits per heavy atom. The smallest absolute Gasteiger partial charge is 0.394 e. The first kappa shape index (κ1) is 72.7. The summed E-state index contributed by atoms with van der Waals surface area (Å²) in [5.74, 6) is -0.707. The van der Waals surface area contributed by atoms with Crippen LogP contribution in [0.25, 0.3) is 0 Å². The predicted octanol–water partition coefficient (Wildman–Crippen LogP) is 16.4. The molecule has 1 amide bonds. The summed E-state index contributed by atoms with van der Waals surface area (Å²) in [4.78, 5) is 31.9. The van der Waals surface area contributed by atoms with E-state index in [-0.39, 0.29) is 0 Å². The number of carbonyl (C=O) groups is 1. The number of phosphoric ester groups is 2. The summed E-state index contributed by atoms with van der Waals surface area (Å²) in [5.41, 5.74) is 15.3. The highest BCUT2D eigenvalue weighted by Crippen LogP contribution is 2.61. The molecule has 1 fully saturated rings. The van der Waals surface area contributed by atoms with Gasteiger partial charge in [-0.2, -0.15) is 4.31 Å². The molecular weight excluding hydrogens is 1020 g/mol. The van der Waals surface area contributed by atoms with E-state index in [1.807, 2.05) is 6.92 Å². The van der Waals surface area contributed by atoms with Gasteiger partial charge in [0.05, 0.1) is 13.2 Å². The normalized spacial score (nSPS) is 21.6. The lowest BCUT2D eigenvalue weighted by molar-refractivity contribution is -0.247. The van der Waals surface area contributed by atoms with Crippen LogP contribution >= 0.6 is 15.6 Å². The minimum Gasteiger partial charge on any atom is -0.394 e. The van der Waals surface area contributed by atoms with Crippen LogP contribution in [0.3, 0.4) is 0 Å². The van der Waals surface area contributed by atoms with Gasteiger partial charge in [0.1, 0.15) is 24.4 Å². The zero-order valence-corrected chi connectivity index (χ0v) is 52.1. The van der Waals surface area contributed by atoms with Crippen molar-refractivity contribution in [1.82, 2.24) is 5.32 Å². The Bertz CT molecular complexity index is 2260. The van der Waals surface area contributed by atoms with E-state index in [9.17, 15) is 39.0 Å². The van der Waals surface area contributed by atoms with Crippen molar-refractivity contribution < 1.29 is 57.1 Å². The molecule has 1 saturated heterocycles. The lowest BCUT2D eigenvalue weighted by Crippen LogP contribution is -2.64. The summed E-state index contributed by atoms with van der Waals surface area (Å²) >= 11 is 0. The van der Waals surface area contributed by atoms with Crippen LogP contribution in [-0.2, 0) is 32.0 Å². The second-order valence-corrected chi connectivity index (χ2v) is 25.0. The van der Waals surface area contributed by atoms with Gasteiger partial charge in [-0.3, -0.25) is 13.8 Å². The van der Waals surface area contributed by atoms with Crippen LogP contribution < -0.4 is 5.32 Å². The van der Waals surface area contributed by atoms with Crippen LogP contribution in [0.4, 0.5) is 0 Å². The first-order valence-electron chi connectivity index (χ1n) is 28.5. The Kier molecular flexibility index (Phi) is 38.1. The first-order chi connectivity index (χ1) is 36.7. The molecule has 0 bridgehead atoms. The van der Waals surface area contributed by atoms with E-state index >= 15 is 0 Å². The second-order valence-electron chi connectivity index (χ2n) is 22.0. The molecule has 15 heteroatoms. The Hall–Kier alpha value is -3.29. The number of allylic oxidation sites excluding steroid dienone is 21. The molecule has 7 unspecified atom stereocenters. The van der Waals surface area contributed by atoms with E-state index in [2.05, 4.69) is 147 Å². The molecule has 0 spiro atoms. The maximum absolute atomic E-state index is 12.6. The number of rotatable bonds is 39. The van der Waals surface area contributed by atoms with Crippen LogP contribution in [0, 0.1) is 0 Å². The van der Waals surface area contributed by atoms with Gasteiger partial charge in [0.25, 0.3) is 0 Å². The monoisotopic (exact) mass is 1130 g/mol. The molecule has 1 aliphatic rings. The number of aliphatic hydroxyl groups excluding tert-OH is 3. The lowest BCUT2D eigenvalue weighted by Gasteiger charge is -2.42. The highest BCUT2D eigenvalue weighted by molar-refractivity contribution is 7.61. The number of nitrogens with one attached hydrogen (secondary N) is 1. The maximum atomic E-state index is 12.6. The molecule has 0 aromatic heterocycles. The third-order valence-corrected chi connectivity index (χ3v) is 16.3. The third-order valence-electron chi connectivity index (χ3n) is 13.7. The summed E-state index contributed by atoms with van der Waals surface area (Å²) in [6.07, 6.45) is 39.6. The lowest BCUT2D eigenvalue weighted by atomic mass is 9.97. The number of hydrogen-bond acceptors (Lipinski definition) is 10. The quantitative estimate of drug-likeness (QED) is 0.0252. The van der Waals surface area contributed by atoms with Crippen LogP contribution in [0.15, 0.2) is 128 Å². The molecule has 0 radical (unpaired) electrons. The molecule has 1 heterocycles. The van der Waals surface area contributed by atoms with Crippen LogP contribution in [0.1, 0.15) is 218 Å². The third kappa shape index (κ3) is 36.9. The number of amides is 1. The van der Waals surface area contributed by atoms with Gasteiger partial charge in [-0.1, -0.05) is 128 Å². The highest BCUT2D eigenvalue weighted by atomic mass is 31.3. The Morgan fingerprint density at radius 1 is 0.449 bits per heavy atom. The summed E-state index contributed by atoms with van der Waals surface area (Å²) in [6.45, 7) is 26.2. The molecule has 0 aromatic rings. The van der Waals surface area contributed by atoms with E-state index in [1.165, 1.54) is 62.2 Å². The zero-order valence-electron chi connectivity index (χ0n) is 50.3. The van der Waals surface area contributed by atoms with E-state index in [0.717, 1.165) is 128 Å². The molecule has 7 atom stereocenters. The summed E-state index contributed by atoms with van der Waals surface area (Å²) < 4.78 is 44.4. The molecule has 0 aliphatic carbocycles. The highest BCUT2D eigenvalue weighted by Gasteiger charge is 2.49. The number of aliphatic hydroxyl groups is 3. The van der Waals surface area contributed by atoms with Gasteiger partial charge in [0.15, 0.2) is 6.29 Å². The molecule has 1 rings (SSSR count). The van der Waals surface area contributed by atoms with Crippen molar-refractivity contribution in [3.63, 3.8) is 0 Å². The fraction of sp³-hybridized carbons (Fsp3) is 0.635. The molecule has 1 aliphatic heterocycles. The number of carbonyl (C=O) groups excluding carboxylic acids is 1. The fourth-order valence-corrected chi connectivity index (χ4v) is 10.8. The zero-order chi connectivity index (χ0) is 58.7. The van der Waals surface area contributed by atoms with Crippen molar-refractivity contribution in [1.29, 1.82) is 0 Å². The van der Waals surface area contributed by atoms with Gasteiger partial charge in [-0.25, -0.2) is 9.13 Å². The minimum absolute atomic E-state index is 0.407. The van der Waals surface area contributed by atoms with E-state index < -0.39 is 65.4 Å². The average Bonchev–Trinajstić information content (AvgIpc) is 3.33. The van der Waals surface area contributed by atoms with E-state index in [4.69, 9.17) is 13.8 Å². The summed E-state index contributed by atoms with van der Waals surface area (Å²) in [6, 6.07) is -1.58. The molecule has 444 valence electrons. The number of phosphoric acid groups is 2. The van der Waals surface area contributed by atoms with Crippen molar-refractivity contribution in [2.45, 2.75) is 249 Å². The molecule has 6 N–H and O–H groups in total. The topological polar surface area (TPSA) is 201 Å². The van der Waals surface area contributed by atoms with Crippen molar-refractivity contribution >= 4 is 21.6 Å². The fourth-order valence-electron chi connectivity index (χ4n) is 8.66. The van der Waals surface area contributed by atoms with E-state index in [0.29, 0.717) is 6.42 Å². The van der Waals surface area contributed by atoms with Crippen molar-refractivity contribution in [3.05, 3.63) is 128 Å².